The van der Waals surface area contributed by atoms with Crippen LogP contribution in [0.5, 0.6) is 0 Å². The molecular formula is C14H20N2O. The average molecular weight is 232 g/mol. The highest BCUT2D eigenvalue weighted by atomic mass is 16.2. The van der Waals surface area contributed by atoms with Gasteiger partial charge in [-0.3, -0.25) is 4.79 Å². The van der Waals surface area contributed by atoms with Gasteiger partial charge in [0, 0.05) is 24.8 Å². The number of nitrogens with zero attached hydrogens (tertiary/aromatic N) is 1. The molecule has 3 heteroatoms. The third-order valence-corrected chi connectivity index (χ3v) is 2.77. The lowest BCUT2D eigenvalue weighted by molar-refractivity contribution is 0.0794. The monoisotopic (exact) mass is 232 g/mol. The molecule has 92 valence electrons. The Hall–Kier alpha value is -1.77. The van der Waals surface area contributed by atoms with Crippen LogP contribution in [-0.2, 0) is 0 Å². The molecule has 17 heavy (non-hydrogen) atoms. The van der Waals surface area contributed by atoms with Gasteiger partial charge in [-0.15, -0.1) is 6.58 Å². The number of hydrogen-bond acceptors (Lipinski definition) is 2. The van der Waals surface area contributed by atoms with Crippen LogP contribution in [0.1, 0.15) is 28.8 Å². The Kier molecular flexibility index (Phi) is 4.76. The van der Waals surface area contributed by atoms with Gasteiger partial charge in [-0.25, -0.2) is 0 Å². The van der Waals surface area contributed by atoms with Crippen LogP contribution in [0, 0.1) is 6.92 Å². The largest absolute Gasteiger partial charge is 0.399 e. The molecule has 1 aromatic carbocycles. The molecule has 0 spiro atoms. The summed E-state index contributed by atoms with van der Waals surface area (Å²) in [6.45, 7) is 6.32. The number of nitrogens with two attached hydrogens (primary N) is 1. The van der Waals surface area contributed by atoms with Gasteiger partial charge in [0.15, 0.2) is 0 Å². The summed E-state index contributed by atoms with van der Waals surface area (Å²) in [5, 5.41) is 0. The Balaban J connectivity index is 2.68. The van der Waals surface area contributed by atoms with Crippen molar-refractivity contribution in [3.63, 3.8) is 0 Å². The average Bonchev–Trinajstić information content (AvgIpc) is 2.32. The van der Waals surface area contributed by atoms with E-state index in [1.807, 2.05) is 26.1 Å². The van der Waals surface area contributed by atoms with E-state index in [0.717, 1.165) is 30.6 Å². The van der Waals surface area contributed by atoms with Crippen molar-refractivity contribution in [3.8, 4) is 0 Å². The van der Waals surface area contributed by atoms with Crippen LogP contribution in [0.2, 0.25) is 0 Å². The maximum absolute atomic E-state index is 12.1. The van der Waals surface area contributed by atoms with Gasteiger partial charge in [0.2, 0.25) is 0 Å². The van der Waals surface area contributed by atoms with Crippen LogP contribution in [0.15, 0.2) is 30.9 Å². The summed E-state index contributed by atoms with van der Waals surface area (Å²) < 4.78 is 0. The van der Waals surface area contributed by atoms with Gasteiger partial charge < -0.3 is 10.6 Å². The second kappa shape index (κ2) is 6.09. The number of aryl methyl sites for hydroxylation is 1. The van der Waals surface area contributed by atoms with E-state index in [2.05, 4.69) is 6.58 Å². The minimum absolute atomic E-state index is 0.0390. The highest BCUT2D eigenvalue weighted by Gasteiger charge is 2.11. The Bertz CT molecular complexity index is 413. The molecule has 0 saturated carbocycles. The molecule has 0 aliphatic heterocycles. The predicted octanol–water partition coefficient (Wildman–Crippen LogP) is 2.62. The smallest absolute Gasteiger partial charge is 0.253 e. The molecule has 1 rings (SSSR count). The molecule has 0 unspecified atom stereocenters. The zero-order chi connectivity index (χ0) is 12.8. The number of hydrogen-bond donors (Lipinski definition) is 1. The van der Waals surface area contributed by atoms with Gasteiger partial charge in [0.05, 0.1) is 0 Å². The fourth-order valence-corrected chi connectivity index (χ4v) is 1.60. The first-order valence-electron chi connectivity index (χ1n) is 5.78. The minimum atomic E-state index is 0.0390. The van der Waals surface area contributed by atoms with E-state index in [0.29, 0.717) is 5.56 Å². The molecule has 0 atom stereocenters. The fraction of sp³-hybridized carbons (Fsp3) is 0.357. The number of carbonyl (C=O) groups is 1. The normalized spacial score (nSPS) is 10.0. The van der Waals surface area contributed by atoms with Crippen LogP contribution >= 0.6 is 0 Å². The SMILES string of the molecule is C=CCCCN(C)C(=O)c1ccc(N)c(C)c1. The quantitative estimate of drug-likeness (QED) is 0.482. The van der Waals surface area contributed by atoms with E-state index in [1.165, 1.54) is 0 Å². The zero-order valence-electron chi connectivity index (χ0n) is 10.6. The van der Waals surface area contributed by atoms with Gasteiger partial charge in [0.1, 0.15) is 0 Å². The molecule has 3 nitrogen and oxygen atoms in total. The molecule has 0 aliphatic carbocycles. The number of nitrogen functional groups attached to an aromatic ring is 1. The van der Waals surface area contributed by atoms with E-state index in [-0.39, 0.29) is 5.91 Å². The number of benzene rings is 1. The standard InChI is InChI=1S/C14H20N2O/c1-4-5-6-9-16(3)14(17)12-7-8-13(15)11(2)10-12/h4,7-8,10H,1,5-6,9,15H2,2-3H3. The maximum atomic E-state index is 12.1. The Morgan fingerprint density at radius 3 is 2.82 bits per heavy atom. The Labute approximate surface area is 103 Å². The highest BCUT2D eigenvalue weighted by molar-refractivity contribution is 5.94. The maximum Gasteiger partial charge on any atom is 0.253 e. The van der Waals surface area contributed by atoms with Crippen molar-refractivity contribution in [2.75, 3.05) is 19.3 Å². The molecule has 0 heterocycles. The molecule has 0 aliphatic rings. The summed E-state index contributed by atoms with van der Waals surface area (Å²) in [5.74, 6) is 0.0390. The lowest BCUT2D eigenvalue weighted by Gasteiger charge is -2.17. The zero-order valence-corrected chi connectivity index (χ0v) is 10.6. The van der Waals surface area contributed by atoms with Gasteiger partial charge in [-0.1, -0.05) is 6.08 Å². The summed E-state index contributed by atoms with van der Waals surface area (Å²) in [4.78, 5) is 13.8. The summed E-state index contributed by atoms with van der Waals surface area (Å²) >= 11 is 0. The van der Waals surface area contributed by atoms with Gasteiger partial charge >= 0.3 is 0 Å². The lowest BCUT2D eigenvalue weighted by Crippen LogP contribution is -2.27. The number of allylic oxidation sites excluding steroid dienone is 1. The topological polar surface area (TPSA) is 46.3 Å². The molecule has 1 amide bonds. The molecule has 0 aromatic heterocycles. The summed E-state index contributed by atoms with van der Waals surface area (Å²) in [6.07, 6.45) is 3.74. The third-order valence-electron chi connectivity index (χ3n) is 2.77. The van der Waals surface area contributed by atoms with Crippen molar-refractivity contribution in [2.24, 2.45) is 0 Å². The fourth-order valence-electron chi connectivity index (χ4n) is 1.60. The number of unbranched alkanes of at least 4 members (excludes halogenated alkanes) is 1. The Morgan fingerprint density at radius 1 is 1.53 bits per heavy atom. The minimum Gasteiger partial charge on any atom is -0.399 e. The van der Waals surface area contributed by atoms with Crippen molar-refractivity contribution in [3.05, 3.63) is 42.0 Å². The van der Waals surface area contributed by atoms with Crippen LogP contribution in [0.25, 0.3) is 0 Å². The van der Waals surface area contributed by atoms with Gasteiger partial charge in [0.25, 0.3) is 5.91 Å². The number of carbonyl (C=O) groups excluding carboxylic acids is 1. The van der Waals surface area contributed by atoms with Crippen molar-refractivity contribution in [2.45, 2.75) is 19.8 Å². The summed E-state index contributed by atoms with van der Waals surface area (Å²) in [7, 11) is 1.82. The van der Waals surface area contributed by atoms with Crippen LogP contribution in [0.3, 0.4) is 0 Å². The first-order chi connectivity index (χ1) is 8.06. The third kappa shape index (κ3) is 3.63. The van der Waals surface area contributed by atoms with Crippen molar-refractivity contribution in [1.82, 2.24) is 4.90 Å². The molecule has 0 radical (unpaired) electrons. The molecular weight excluding hydrogens is 212 g/mol. The van der Waals surface area contributed by atoms with Crippen LogP contribution in [0.4, 0.5) is 5.69 Å². The molecule has 2 N–H and O–H groups in total. The van der Waals surface area contributed by atoms with Gasteiger partial charge in [-0.2, -0.15) is 0 Å². The van der Waals surface area contributed by atoms with Crippen molar-refractivity contribution in [1.29, 1.82) is 0 Å². The molecule has 0 bridgehead atoms. The van der Waals surface area contributed by atoms with Crippen molar-refractivity contribution >= 4 is 11.6 Å². The van der Waals surface area contributed by atoms with E-state index < -0.39 is 0 Å². The van der Waals surface area contributed by atoms with E-state index in [4.69, 9.17) is 5.73 Å². The van der Waals surface area contributed by atoms with Crippen LogP contribution < -0.4 is 5.73 Å². The highest BCUT2D eigenvalue weighted by Crippen LogP contribution is 2.14. The number of rotatable bonds is 5. The summed E-state index contributed by atoms with van der Waals surface area (Å²) in [5.41, 5.74) is 8.08. The van der Waals surface area contributed by atoms with Crippen LogP contribution in [-0.4, -0.2) is 24.4 Å². The molecule has 0 fully saturated rings. The van der Waals surface area contributed by atoms with E-state index in [9.17, 15) is 4.79 Å². The second-order valence-electron chi connectivity index (χ2n) is 4.23. The number of amides is 1. The lowest BCUT2D eigenvalue weighted by atomic mass is 10.1. The second-order valence-corrected chi connectivity index (χ2v) is 4.23. The van der Waals surface area contributed by atoms with E-state index >= 15 is 0 Å². The number of anilines is 1. The van der Waals surface area contributed by atoms with Gasteiger partial charge in [-0.05, 0) is 43.5 Å². The first kappa shape index (κ1) is 13.3. The summed E-state index contributed by atoms with van der Waals surface area (Å²) in [6, 6.07) is 5.39. The predicted molar refractivity (Wildman–Crippen MR) is 72.0 cm³/mol. The Morgan fingerprint density at radius 2 is 2.24 bits per heavy atom. The van der Waals surface area contributed by atoms with E-state index in [1.54, 1.807) is 17.0 Å². The van der Waals surface area contributed by atoms with Crippen molar-refractivity contribution < 1.29 is 4.79 Å². The first-order valence-corrected chi connectivity index (χ1v) is 5.78. The molecule has 1 aromatic rings. The molecule has 0 saturated heterocycles.